The number of aliphatic hydroxyl groups is 1. The highest BCUT2D eigenvalue weighted by Gasteiger charge is 2.34. The average Bonchev–Trinajstić information content (AvgIpc) is 3.15. The molecule has 4 rings (SSSR count). The summed E-state index contributed by atoms with van der Waals surface area (Å²) >= 11 is 0. The number of nitrogens with two attached hydrogens (primary N) is 1. The molecule has 0 fully saturated rings. The summed E-state index contributed by atoms with van der Waals surface area (Å²) in [5.41, 5.74) is 10.0. The number of nitrogen functional groups attached to an aromatic ring is 1. The van der Waals surface area contributed by atoms with Gasteiger partial charge >= 0.3 is 0 Å². The normalized spacial score (nSPS) is 19.4. The number of fused-ring (bicyclic) bond motifs is 2. The number of anilines is 1. The molecule has 1 heterocycles. The number of carbonyl (C=O) groups is 1. The third-order valence-electron chi connectivity index (χ3n) is 4.77. The summed E-state index contributed by atoms with van der Waals surface area (Å²) in [4.78, 5) is 11.8. The number of hydrogen-bond acceptors (Lipinski definition) is 3. The van der Waals surface area contributed by atoms with E-state index in [2.05, 4.69) is 16.0 Å². The first-order valence-electron chi connectivity index (χ1n) is 8.01. The van der Waals surface area contributed by atoms with Crippen LogP contribution in [0, 0.1) is 0 Å². The van der Waals surface area contributed by atoms with Gasteiger partial charge in [-0.15, -0.1) is 0 Å². The number of nitrogens with zero attached hydrogens (tertiary/aromatic N) is 1. The minimum Gasteiger partial charge on any atom is -0.399 e. The molecule has 0 aliphatic heterocycles. The highest BCUT2D eigenvalue weighted by Crippen LogP contribution is 2.41. The molecule has 5 heteroatoms. The Morgan fingerprint density at radius 2 is 2.08 bits per heavy atom. The van der Waals surface area contributed by atoms with Crippen LogP contribution in [0.15, 0.2) is 54.7 Å². The zero-order valence-corrected chi connectivity index (χ0v) is 13.1. The SMILES string of the molecule is Nc1ccc2c(ccn2[C@@H]2Cc3ccccc3[C@H]2NC(=O)CO)c1. The van der Waals surface area contributed by atoms with Gasteiger partial charge in [-0.1, -0.05) is 24.3 Å². The molecular formula is C19H19N3O2. The third-order valence-corrected chi connectivity index (χ3v) is 4.77. The lowest BCUT2D eigenvalue weighted by Crippen LogP contribution is -2.34. The van der Waals surface area contributed by atoms with Gasteiger partial charge in [0, 0.05) is 22.8 Å². The van der Waals surface area contributed by atoms with Gasteiger partial charge in [0.25, 0.3) is 0 Å². The van der Waals surface area contributed by atoms with E-state index >= 15 is 0 Å². The van der Waals surface area contributed by atoms with Gasteiger partial charge in [-0.25, -0.2) is 0 Å². The Bertz CT molecular complexity index is 916. The van der Waals surface area contributed by atoms with Crippen molar-refractivity contribution in [3.63, 3.8) is 0 Å². The molecule has 122 valence electrons. The lowest BCUT2D eigenvalue weighted by Gasteiger charge is -2.24. The molecule has 1 aliphatic carbocycles. The van der Waals surface area contributed by atoms with Crippen LogP contribution in [0.25, 0.3) is 10.9 Å². The zero-order chi connectivity index (χ0) is 16.7. The Morgan fingerprint density at radius 1 is 1.25 bits per heavy atom. The molecule has 0 unspecified atom stereocenters. The van der Waals surface area contributed by atoms with Gasteiger partial charge in [0.05, 0.1) is 12.1 Å². The van der Waals surface area contributed by atoms with Crippen molar-refractivity contribution in [3.05, 3.63) is 65.9 Å². The summed E-state index contributed by atoms with van der Waals surface area (Å²) in [6, 6.07) is 15.9. The van der Waals surface area contributed by atoms with Crippen molar-refractivity contribution in [2.75, 3.05) is 12.3 Å². The first kappa shape index (κ1) is 14.8. The molecule has 0 spiro atoms. The van der Waals surface area contributed by atoms with E-state index in [1.54, 1.807) is 0 Å². The fourth-order valence-corrected chi connectivity index (χ4v) is 3.70. The van der Waals surface area contributed by atoms with E-state index in [0.29, 0.717) is 0 Å². The van der Waals surface area contributed by atoms with Crippen LogP contribution < -0.4 is 11.1 Å². The molecule has 2 aromatic carbocycles. The maximum absolute atomic E-state index is 11.8. The van der Waals surface area contributed by atoms with Gasteiger partial charge in [0.15, 0.2) is 0 Å². The van der Waals surface area contributed by atoms with E-state index in [-0.39, 0.29) is 18.0 Å². The molecule has 3 aromatic rings. The van der Waals surface area contributed by atoms with Crippen LogP contribution in [0.3, 0.4) is 0 Å². The maximum Gasteiger partial charge on any atom is 0.246 e. The standard InChI is InChI=1S/C19H19N3O2/c20-14-5-6-16-13(9-14)7-8-22(16)17-10-12-3-1-2-4-15(12)19(17)21-18(24)11-23/h1-9,17,19,23H,10-11,20H2,(H,21,24)/t17-,19-/m1/s1. The van der Waals surface area contributed by atoms with Gasteiger partial charge in [0.2, 0.25) is 5.91 Å². The second-order valence-corrected chi connectivity index (χ2v) is 6.21. The molecule has 4 N–H and O–H groups in total. The van der Waals surface area contributed by atoms with Crippen LogP contribution in [0.4, 0.5) is 5.69 Å². The monoisotopic (exact) mass is 321 g/mol. The first-order chi connectivity index (χ1) is 11.7. The van der Waals surface area contributed by atoms with E-state index in [1.807, 2.05) is 48.7 Å². The van der Waals surface area contributed by atoms with Crippen LogP contribution in [0.1, 0.15) is 23.2 Å². The Kier molecular flexibility index (Phi) is 3.50. The fourth-order valence-electron chi connectivity index (χ4n) is 3.70. The minimum atomic E-state index is -0.506. The molecular weight excluding hydrogens is 302 g/mol. The molecule has 0 saturated heterocycles. The molecule has 24 heavy (non-hydrogen) atoms. The van der Waals surface area contributed by atoms with Crippen molar-refractivity contribution < 1.29 is 9.90 Å². The van der Waals surface area contributed by atoms with Gasteiger partial charge in [-0.3, -0.25) is 4.79 Å². The number of aromatic nitrogens is 1. The molecule has 0 saturated carbocycles. The van der Waals surface area contributed by atoms with Crippen molar-refractivity contribution >= 4 is 22.5 Å². The number of amides is 1. The Hall–Kier alpha value is -2.79. The average molecular weight is 321 g/mol. The number of aliphatic hydroxyl groups excluding tert-OH is 1. The molecule has 1 aliphatic rings. The Morgan fingerprint density at radius 3 is 2.92 bits per heavy atom. The van der Waals surface area contributed by atoms with Crippen molar-refractivity contribution in [3.8, 4) is 0 Å². The Balaban J connectivity index is 1.79. The maximum atomic E-state index is 11.8. The Labute approximate surface area is 139 Å². The van der Waals surface area contributed by atoms with Crippen molar-refractivity contribution in [1.29, 1.82) is 0 Å². The summed E-state index contributed by atoms with van der Waals surface area (Å²) in [7, 11) is 0. The van der Waals surface area contributed by atoms with E-state index in [9.17, 15) is 4.79 Å². The summed E-state index contributed by atoms with van der Waals surface area (Å²) in [5.74, 6) is -0.359. The number of carbonyl (C=O) groups excluding carboxylic acids is 1. The summed E-state index contributed by atoms with van der Waals surface area (Å²) < 4.78 is 2.19. The predicted octanol–water partition coefficient (Wildman–Crippen LogP) is 2.17. The number of rotatable bonds is 3. The molecule has 2 atom stereocenters. The van der Waals surface area contributed by atoms with E-state index in [4.69, 9.17) is 10.8 Å². The predicted molar refractivity (Wildman–Crippen MR) is 93.5 cm³/mol. The van der Waals surface area contributed by atoms with Crippen LogP contribution in [-0.2, 0) is 11.2 Å². The van der Waals surface area contributed by atoms with E-state index in [0.717, 1.165) is 28.6 Å². The second-order valence-electron chi connectivity index (χ2n) is 6.21. The lowest BCUT2D eigenvalue weighted by molar-refractivity contribution is -0.124. The molecule has 1 amide bonds. The lowest BCUT2D eigenvalue weighted by atomic mass is 10.1. The van der Waals surface area contributed by atoms with Crippen LogP contribution in [0.5, 0.6) is 0 Å². The van der Waals surface area contributed by atoms with Gasteiger partial charge in [0.1, 0.15) is 6.61 Å². The van der Waals surface area contributed by atoms with E-state index < -0.39 is 6.61 Å². The van der Waals surface area contributed by atoms with Gasteiger partial charge in [-0.05, 0) is 41.8 Å². The molecule has 5 nitrogen and oxygen atoms in total. The van der Waals surface area contributed by atoms with Gasteiger partial charge in [-0.2, -0.15) is 0 Å². The topological polar surface area (TPSA) is 80.3 Å². The van der Waals surface area contributed by atoms with Crippen LogP contribution in [-0.4, -0.2) is 22.2 Å². The smallest absolute Gasteiger partial charge is 0.246 e. The second kappa shape index (κ2) is 5.69. The summed E-state index contributed by atoms with van der Waals surface area (Å²) in [6.45, 7) is -0.506. The highest BCUT2D eigenvalue weighted by atomic mass is 16.3. The quantitative estimate of drug-likeness (QED) is 0.647. The number of hydrogen-bond donors (Lipinski definition) is 3. The minimum absolute atomic E-state index is 0.0685. The van der Waals surface area contributed by atoms with Crippen LogP contribution in [0.2, 0.25) is 0 Å². The van der Waals surface area contributed by atoms with E-state index in [1.165, 1.54) is 5.56 Å². The number of benzene rings is 2. The highest BCUT2D eigenvalue weighted by molar-refractivity contribution is 5.83. The van der Waals surface area contributed by atoms with Crippen molar-refractivity contribution in [2.45, 2.75) is 18.5 Å². The largest absolute Gasteiger partial charge is 0.399 e. The number of nitrogens with one attached hydrogen (secondary N) is 1. The fraction of sp³-hybridized carbons (Fsp3) is 0.211. The summed E-state index contributed by atoms with van der Waals surface area (Å²) in [5, 5.41) is 13.2. The zero-order valence-electron chi connectivity index (χ0n) is 13.1. The third kappa shape index (κ3) is 2.34. The summed E-state index contributed by atoms with van der Waals surface area (Å²) in [6.07, 6.45) is 2.87. The molecule has 0 radical (unpaired) electrons. The molecule has 1 aromatic heterocycles. The van der Waals surface area contributed by atoms with Gasteiger partial charge < -0.3 is 20.7 Å². The molecule has 0 bridgehead atoms. The van der Waals surface area contributed by atoms with Crippen molar-refractivity contribution in [2.24, 2.45) is 0 Å². The van der Waals surface area contributed by atoms with Crippen LogP contribution >= 0.6 is 0 Å². The van der Waals surface area contributed by atoms with Crippen molar-refractivity contribution in [1.82, 2.24) is 9.88 Å². The first-order valence-corrected chi connectivity index (χ1v) is 8.01.